The lowest BCUT2D eigenvalue weighted by Crippen LogP contribution is -2.45. The molecule has 0 spiro atoms. The van der Waals surface area contributed by atoms with E-state index < -0.39 is 0 Å². The van der Waals surface area contributed by atoms with Crippen molar-refractivity contribution in [1.82, 2.24) is 0 Å². The van der Waals surface area contributed by atoms with Crippen LogP contribution in [0.3, 0.4) is 0 Å². The van der Waals surface area contributed by atoms with Crippen LogP contribution in [0.15, 0.2) is 29.2 Å². The summed E-state index contributed by atoms with van der Waals surface area (Å²) in [6.45, 7) is 6.98. The van der Waals surface area contributed by atoms with E-state index in [0.717, 1.165) is 0 Å². The van der Waals surface area contributed by atoms with Gasteiger partial charge in [-0.2, -0.15) is 0 Å². The third kappa shape index (κ3) is 2.08. The van der Waals surface area contributed by atoms with Crippen molar-refractivity contribution in [3.63, 3.8) is 0 Å². The van der Waals surface area contributed by atoms with Gasteiger partial charge in [-0.05, 0) is 24.5 Å². The van der Waals surface area contributed by atoms with E-state index in [-0.39, 0.29) is 4.87 Å². The van der Waals surface area contributed by atoms with Gasteiger partial charge in [0, 0.05) is 11.9 Å². The molecule has 2 heteroatoms. The molecule has 1 aliphatic rings. The van der Waals surface area contributed by atoms with Crippen LogP contribution in [-0.4, -0.2) is 11.9 Å². The molecule has 1 aromatic rings. The third-order valence-electron chi connectivity index (χ3n) is 3.87. The van der Waals surface area contributed by atoms with Crippen LogP contribution in [0.4, 0.5) is 5.69 Å². The van der Waals surface area contributed by atoms with Crippen molar-refractivity contribution >= 4 is 17.4 Å². The molecular weight excluding hydrogens is 226 g/mol. The molecule has 0 saturated heterocycles. The van der Waals surface area contributed by atoms with Crippen molar-refractivity contribution in [2.45, 2.75) is 49.8 Å². The molecule has 1 unspecified atom stereocenters. The highest BCUT2D eigenvalue weighted by Gasteiger charge is 2.44. The van der Waals surface area contributed by atoms with E-state index in [1.807, 2.05) is 0 Å². The minimum Gasteiger partial charge on any atom is -0.358 e. The Morgan fingerprint density at radius 1 is 1.29 bits per heavy atom. The Morgan fingerprint density at radius 2 is 2.00 bits per heavy atom. The zero-order valence-corrected chi connectivity index (χ0v) is 12.2. The lowest BCUT2D eigenvalue weighted by Gasteiger charge is -2.40. The maximum atomic E-state index is 2.51. The monoisotopic (exact) mass is 249 g/mol. The first-order chi connectivity index (χ1) is 8.12. The van der Waals surface area contributed by atoms with Crippen molar-refractivity contribution in [2.75, 3.05) is 11.9 Å². The quantitative estimate of drug-likeness (QED) is 0.756. The Morgan fingerprint density at radius 3 is 2.59 bits per heavy atom. The number of rotatable bonds is 4. The van der Waals surface area contributed by atoms with Gasteiger partial charge in [0.1, 0.15) is 0 Å². The average molecular weight is 249 g/mol. The summed E-state index contributed by atoms with van der Waals surface area (Å²) < 4.78 is 0. The highest BCUT2D eigenvalue weighted by Crippen LogP contribution is 2.54. The van der Waals surface area contributed by atoms with Gasteiger partial charge >= 0.3 is 0 Å². The Bertz CT molecular complexity index is 388. The molecule has 0 N–H and O–H groups in total. The van der Waals surface area contributed by atoms with Crippen LogP contribution in [0, 0.1) is 5.92 Å². The minimum atomic E-state index is 0.264. The van der Waals surface area contributed by atoms with E-state index >= 15 is 0 Å². The van der Waals surface area contributed by atoms with Crippen molar-refractivity contribution in [3.8, 4) is 0 Å². The fraction of sp³-hybridized carbons (Fsp3) is 0.600. The van der Waals surface area contributed by atoms with Gasteiger partial charge in [-0.3, -0.25) is 0 Å². The number of para-hydroxylation sites is 1. The van der Waals surface area contributed by atoms with Gasteiger partial charge in [0.25, 0.3) is 0 Å². The number of benzene rings is 1. The van der Waals surface area contributed by atoms with E-state index in [0.29, 0.717) is 5.92 Å². The summed E-state index contributed by atoms with van der Waals surface area (Å²) in [6, 6.07) is 8.80. The summed E-state index contributed by atoms with van der Waals surface area (Å²) in [6.07, 6.45) is 3.86. The van der Waals surface area contributed by atoms with Crippen LogP contribution in [0.1, 0.15) is 40.0 Å². The van der Waals surface area contributed by atoms with Crippen LogP contribution >= 0.6 is 11.8 Å². The Kier molecular flexibility index (Phi) is 3.72. The average Bonchev–Trinajstić information content (AvgIpc) is 2.62. The molecule has 1 heterocycles. The molecule has 0 radical (unpaired) electrons. The van der Waals surface area contributed by atoms with Crippen molar-refractivity contribution in [3.05, 3.63) is 24.3 Å². The maximum Gasteiger partial charge on any atom is 0.0926 e. The number of hydrogen-bond acceptors (Lipinski definition) is 2. The van der Waals surface area contributed by atoms with E-state index in [2.05, 4.69) is 68.7 Å². The van der Waals surface area contributed by atoms with Crippen LogP contribution in [-0.2, 0) is 0 Å². The zero-order chi connectivity index (χ0) is 12.5. The van der Waals surface area contributed by atoms with Gasteiger partial charge in [-0.25, -0.2) is 0 Å². The molecule has 0 bridgehead atoms. The lowest BCUT2D eigenvalue weighted by atomic mass is 9.95. The van der Waals surface area contributed by atoms with Gasteiger partial charge in [-0.1, -0.05) is 57.5 Å². The Balaban J connectivity index is 2.32. The second-order valence-corrected chi connectivity index (χ2v) is 6.58. The van der Waals surface area contributed by atoms with E-state index in [1.165, 1.54) is 29.8 Å². The minimum absolute atomic E-state index is 0.264. The molecule has 1 aliphatic heterocycles. The summed E-state index contributed by atoms with van der Waals surface area (Å²) >= 11 is 2.07. The van der Waals surface area contributed by atoms with Crippen LogP contribution in [0.25, 0.3) is 0 Å². The second-order valence-electron chi connectivity index (χ2n) is 5.23. The molecular formula is C15H23NS. The highest BCUT2D eigenvalue weighted by molar-refractivity contribution is 8.01. The van der Waals surface area contributed by atoms with Gasteiger partial charge in [0.2, 0.25) is 0 Å². The van der Waals surface area contributed by atoms with Crippen LogP contribution in [0.5, 0.6) is 0 Å². The molecule has 17 heavy (non-hydrogen) atoms. The summed E-state index contributed by atoms with van der Waals surface area (Å²) in [7, 11) is 2.26. The SMILES string of the molecule is CCCCC1(C(C)C)Sc2ccccc2N1C. The maximum absolute atomic E-state index is 2.51. The molecule has 0 fully saturated rings. The highest BCUT2D eigenvalue weighted by atomic mass is 32.2. The second kappa shape index (κ2) is 4.93. The molecule has 1 nitrogen and oxygen atoms in total. The number of unbranched alkanes of at least 4 members (excludes halogenated alkanes) is 1. The van der Waals surface area contributed by atoms with E-state index in [4.69, 9.17) is 0 Å². The van der Waals surface area contributed by atoms with E-state index in [9.17, 15) is 0 Å². The Labute approximate surface area is 110 Å². The van der Waals surface area contributed by atoms with Gasteiger partial charge in [0.05, 0.1) is 10.6 Å². The zero-order valence-electron chi connectivity index (χ0n) is 11.4. The molecule has 0 amide bonds. The largest absolute Gasteiger partial charge is 0.358 e. The predicted molar refractivity (Wildman–Crippen MR) is 77.8 cm³/mol. The van der Waals surface area contributed by atoms with Crippen molar-refractivity contribution < 1.29 is 0 Å². The summed E-state index contributed by atoms with van der Waals surface area (Å²) in [4.78, 5) is 4.22. The standard InChI is InChI=1S/C15H23NS/c1-5-6-11-15(12(2)3)16(4)13-9-7-8-10-14(13)17-15/h7-10,12H,5-6,11H2,1-4H3. The Hall–Kier alpha value is -0.630. The first-order valence-electron chi connectivity index (χ1n) is 6.63. The fourth-order valence-corrected chi connectivity index (χ4v) is 4.28. The summed E-state index contributed by atoms with van der Waals surface area (Å²) in [5.41, 5.74) is 1.40. The smallest absolute Gasteiger partial charge is 0.0926 e. The lowest BCUT2D eigenvalue weighted by molar-refractivity contribution is 0.396. The van der Waals surface area contributed by atoms with Gasteiger partial charge in [0.15, 0.2) is 0 Å². The number of thioether (sulfide) groups is 1. The number of hydrogen-bond donors (Lipinski definition) is 0. The molecule has 1 aromatic carbocycles. The topological polar surface area (TPSA) is 3.24 Å². The molecule has 2 rings (SSSR count). The molecule has 0 saturated carbocycles. The normalized spacial score (nSPS) is 23.2. The van der Waals surface area contributed by atoms with Crippen molar-refractivity contribution in [2.24, 2.45) is 5.92 Å². The first kappa shape index (κ1) is 12.8. The molecule has 0 aliphatic carbocycles. The number of anilines is 1. The van der Waals surface area contributed by atoms with E-state index in [1.54, 1.807) is 0 Å². The molecule has 94 valence electrons. The number of nitrogens with zero attached hydrogens (tertiary/aromatic N) is 1. The van der Waals surface area contributed by atoms with Gasteiger partial charge < -0.3 is 4.90 Å². The van der Waals surface area contributed by atoms with Crippen LogP contribution in [0.2, 0.25) is 0 Å². The summed E-state index contributed by atoms with van der Waals surface area (Å²) in [5.74, 6) is 0.663. The van der Waals surface area contributed by atoms with Crippen LogP contribution < -0.4 is 4.90 Å². The molecule has 1 atom stereocenters. The fourth-order valence-electron chi connectivity index (χ4n) is 2.73. The molecule has 0 aromatic heterocycles. The summed E-state index contributed by atoms with van der Waals surface area (Å²) in [5, 5.41) is 0. The third-order valence-corrected chi connectivity index (χ3v) is 5.74. The number of fused-ring (bicyclic) bond motifs is 1. The van der Waals surface area contributed by atoms with Crippen molar-refractivity contribution in [1.29, 1.82) is 0 Å². The van der Waals surface area contributed by atoms with Gasteiger partial charge in [-0.15, -0.1) is 0 Å². The first-order valence-corrected chi connectivity index (χ1v) is 7.45. The predicted octanol–water partition coefficient (Wildman–Crippen LogP) is 4.77.